The van der Waals surface area contributed by atoms with E-state index >= 15 is 0 Å². The molecule has 1 aliphatic rings. The van der Waals surface area contributed by atoms with Crippen molar-refractivity contribution in [1.82, 2.24) is 4.90 Å². The molecule has 0 radical (unpaired) electrons. The number of aliphatic carboxylic acids is 1. The van der Waals surface area contributed by atoms with Gasteiger partial charge in [-0.2, -0.15) is 0 Å². The van der Waals surface area contributed by atoms with Gasteiger partial charge in [0.05, 0.1) is 5.41 Å². The van der Waals surface area contributed by atoms with Crippen molar-refractivity contribution in [2.24, 2.45) is 5.41 Å². The standard InChI is InChI=1S/C16H23NO3/c1-2-17(12-14-6-4-3-5-7-14)13-16(15(18)19)8-10-20-11-9-16/h3-7H,2,8-13H2,1H3,(H,18,19). The number of carbonyl (C=O) groups is 1. The van der Waals surface area contributed by atoms with Gasteiger partial charge in [-0.05, 0) is 24.9 Å². The van der Waals surface area contributed by atoms with E-state index in [1.807, 2.05) is 18.2 Å². The number of ether oxygens (including phenoxy) is 1. The Hall–Kier alpha value is -1.39. The molecule has 4 nitrogen and oxygen atoms in total. The highest BCUT2D eigenvalue weighted by Crippen LogP contribution is 2.32. The minimum absolute atomic E-state index is 0.551. The van der Waals surface area contributed by atoms with Crippen molar-refractivity contribution in [3.8, 4) is 0 Å². The van der Waals surface area contributed by atoms with Crippen LogP contribution in [0.15, 0.2) is 30.3 Å². The van der Waals surface area contributed by atoms with E-state index in [0.29, 0.717) is 32.6 Å². The maximum atomic E-state index is 11.7. The van der Waals surface area contributed by atoms with Crippen LogP contribution in [-0.4, -0.2) is 42.3 Å². The quantitative estimate of drug-likeness (QED) is 0.867. The lowest BCUT2D eigenvalue weighted by Crippen LogP contribution is -2.46. The van der Waals surface area contributed by atoms with E-state index in [2.05, 4.69) is 24.0 Å². The van der Waals surface area contributed by atoms with E-state index in [1.165, 1.54) is 5.56 Å². The monoisotopic (exact) mass is 277 g/mol. The van der Waals surface area contributed by atoms with Crippen LogP contribution in [0.5, 0.6) is 0 Å². The van der Waals surface area contributed by atoms with Gasteiger partial charge in [0.1, 0.15) is 0 Å². The number of benzene rings is 1. The summed E-state index contributed by atoms with van der Waals surface area (Å²) in [6, 6.07) is 10.2. The van der Waals surface area contributed by atoms with Gasteiger partial charge >= 0.3 is 5.97 Å². The molecular formula is C16H23NO3. The first-order valence-electron chi connectivity index (χ1n) is 7.24. The van der Waals surface area contributed by atoms with Crippen LogP contribution in [0, 0.1) is 5.41 Å². The lowest BCUT2D eigenvalue weighted by atomic mass is 9.79. The van der Waals surface area contributed by atoms with Gasteiger partial charge in [0, 0.05) is 26.3 Å². The van der Waals surface area contributed by atoms with Crippen LogP contribution in [0.1, 0.15) is 25.3 Å². The summed E-state index contributed by atoms with van der Waals surface area (Å²) in [5, 5.41) is 9.62. The predicted octanol–water partition coefficient (Wildman–Crippen LogP) is 2.39. The van der Waals surface area contributed by atoms with E-state index in [1.54, 1.807) is 0 Å². The van der Waals surface area contributed by atoms with Gasteiger partial charge in [-0.1, -0.05) is 37.3 Å². The Balaban J connectivity index is 2.05. The minimum atomic E-state index is -0.688. The largest absolute Gasteiger partial charge is 0.481 e. The van der Waals surface area contributed by atoms with Gasteiger partial charge in [-0.3, -0.25) is 9.69 Å². The maximum absolute atomic E-state index is 11.7. The van der Waals surface area contributed by atoms with Gasteiger partial charge < -0.3 is 9.84 Å². The molecule has 0 aromatic heterocycles. The maximum Gasteiger partial charge on any atom is 0.311 e. The zero-order valence-corrected chi connectivity index (χ0v) is 12.0. The Morgan fingerprint density at radius 2 is 1.95 bits per heavy atom. The summed E-state index contributed by atoms with van der Waals surface area (Å²) in [4.78, 5) is 13.9. The van der Waals surface area contributed by atoms with Crippen molar-refractivity contribution in [2.45, 2.75) is 26.3 Å². The topological polar surface area (TPSA) is 49.8 Å². The third-order valence-electron chi connectivity index (χ3n) is 4.13. The van der Waals surface area contributed by atoms with Gasteiger partial charge in [-0.25, -0.2) is 0 Å². The molecule has 0 saturated carbocycles. The van der Waals surface area contributed by atoms with Crippen LogP contribution in [0.4, 0.5) is 0 Å². The smallest absolute Gasteiger partial charge is 0.311 e. The molecule has 1 aliphatic heterocycles. The van der Waals surface area contributed by atoms with Crippen molar-refractivity contribution < 1.29 is 14.6 Å². The molecule has 110 valence electrons. The molecule has 0 amide bonds. The summed E-state index contributed by atoms with van der Waals surface area (Å²) in [6.07, 6.45) is 1.21. The number of carboxylic acid groups (broad SMARTS) is 1. The van der Waals surface area contributed by atoms with Crippen molar-refractivity contribution in [1.29, 1.82) is 0 Å². The van der Waals surface area contributed by atoms with Crippen LogP contribution in [0.2, 0.25) is 0 Å². The van der Waals surface area contributed by atoms with E-state index in [4.69, 9.17) is 4.74 Å². The third-order valence-corrected chi connectivity index (χ3v) is 4.13. The molecule has 0 spiro atoms. The Labute approximate surface area is 120 Å². The molecule has 1 aromatic carbocycles. The first-order chi connectivity index (χ1) is 9.66. The van der Waals surface area contributed by atoms with Crippen LogP contribution < -0.4 is 0 Å². The molecule has 0 atom stereocenters. The second-order valence-electron chi connectivity index (χ2n) is 5.49. The Bertz CT molecular complexity index is 427. The van der Waals surface area contributed by atoms with Gasteiger partial charge in [0.15, 0.2) is 0 Å². The SMILES string of the molecule is CCN(Cc1ccccc1)CC1(C(=O)O)CCOCC1. The average molecular weight is 277 g/mol. The Morgan fingerprint density at radius 1 is 1.30 bits per heavy atom. The highest BCUT2D eigenvalue weighted by Gasteiger charge is 2.41. The normalized spacial score (nSPS) is 18.1. The molecular weight excluding hydrogens is 254 g/mol. The molecule has 0 bridgehead atoms. The van der Waals surface area contributed by atoms with Crippen molar-refractivity contribution in [2.75, 3.05) is 26.3 Å². The Kier molecular flexibility index (Phi) is 5.15. The fourth-order valence-corrected chi connectivity index (χ4v) is 2.75. The highest BCUT2D eigenvalue weighted by molar-refractivity contribution is 5.75. The van der Waals surface area contributed by atoms with Crippen molar-refractivity contribution in [3.63, 3.8) is 0 Å². The second kappa shape index (κ2) is 6.86. The number of nitrogens with zero attached hydrogens (tertiary/aromatic N) is 1. The van der Waals surface area contributed by atoms with Crippen LogP contribution in [0.25, 0.3) is 0 Å². The molecule has 20 heavy (non-hydrogen) atoms. The molecule has 1 N–H and O–H groups in total. The second-order valence-corrected chi connectivity index (χ2v) is 5.49. The Morgan fingerprint density at radius 3 is 2.50 bits per heavy atom. The lowest BCUT2D eigenvalue weighted by molar-refractivity contribution is -0.156. The highest BCUT2D eigenvalue weighted by atomic mass is 16.5. The summed E-state index contributed by atoms with van der Waals surface area (Å²) < 4.78 is 5.33. The van der Waals surface area contributed by atoms with E-state index in [0.717, 1.165) is 13.1 Å². The summed E-state index contributed by atoms with van der Waals surface area (Å²) in [5.41, 5.74) is 0.574. The molecule has 2 rings (SSSR count). The average Bonchev–Trinajstić information content (AvgIpc) is 2.48. The minimum Gasteiger partial charge on any atom is -0.481 e. The van der Waals surface area contributed by atoms with E-state index in [-0.39, 0.29) is 0 Å². The zero-order chi connectivity index (χ0) is 14.4. The zero-order valence-electron chi connectivity index (χ0n) is 12.0. The lowest BCUT2D eigenvalue weighted by Gasteiger charge is -2.37. The van der Waals surface area contributed by atoms with Crippen molar-refractivity contribution >= 4 is 5.97 Å². The molecule has 1 saturated heterocycles. The molecule has 0 aliphatic carbocycles. The number of rotatable bonds is 6. The first kappa shape index (κ1) is 15.0. The first-order valence-corrected chi connectivity index (χ1v) is 7.24. The van der Waals surface area contributed by atoms with Crippen LogP contribution in [-0.2, 0) is 16.1 Å². The third kappa shape index (κ3) is 3.58. The predicted molar refractivity (Wildman–Crippen MR) is 77.5 cm³/mol. The van der Waals surface area contributed by atoms with Crippen LogP contribution in [0.3, 0.4) is 0 Å². The van der Waals surface area contributed by atoms with E-state index < -0.39 is 11.4 Å². The van der Waals surface area contributed by atoms with Crippen molar-refractivity contribution in [3.05, 3.63) is 35.9 Å². The van der Waals surface area contributed by atoms with Gasteiger partial charge in [-0.15, -0.1) is 0 Å². The number of hydrogen-bond donors (Lipinski definition) is 1. The van der Waals surface area contributed by atoms with E-state index in [9.17, 15) is 9.90 Å². The molecule has 1 fully saturated rings. The van der Waals surface area contributed by atoms with Gasteiger partial charge in [0.25, 0.3) is 0 Å². The molecule has 1 aromatic rings. The fourth-order valence-electron chi connectivity index (χ4n) is 2.75. The molecule has 4 heteroatoms. The number of hydrogen-bond acceptors (Lipinski definition) is 3. The summed E-state index contributed by atoms with van der Waals surface area (Å²) >= 11 is 0. The molecule has 1 heterocycles. The van der Waals surface area contributed by atoms with Crippen LogP contribution >= 0.6 is 0 Å². The summed E-state index contributed by atoms with van der Waals surface area (Å²) in [7, 11) is 0. The summed E-state index contributed by atoms with van der Waals surface area (Å²) in [5.74, 6) is -0.688. The fraction of sp³-hybridized carbons (Fsp3) is 0.562. The number of carboxylic acids is 1. The van der Waals surface area contributed by atoms with Gasteiger partial charge in [0.2, 0.25) is 0 Å². The summed E-state index contributed by atoms with van der Waals surface area (Å²) in [6.45, 7) is 5.43. The molecule has 0 unspecified atom stereocenters.